The lowest BCUT2D eigenvalue weighted by atomic mass is 10.0. The van der Waals surface area contributed by atoms with Gasteiger partial charge in [-0.3, -0.25) is 4.79 Å². The van der Waals surface area contributed by atoms with Gasteiger partial charge in [0.05, 0.1) is 4.90 Å². The van der Waals surface area contributed by atoms with Crippen molar-refractivity contribution < 1.29 is 13.2 Å². The summed E-state index contributed by atoms with van der Waals surface area (Å²) in [6, 6.07) is 4.80. The fraction of sp³-hybridized carbons (Fsp3) is 0.588. The van der Waals surface area contributed by atoms with E-state index in [2.05, 4.69) is 5.32 Å². The Morgan fingerprint density at radius 1 is 1.24 bits per heavy atom. The number of aryl methyl sites for hydroxylation is 1. The second-order valence-corrected chi connectivity index (χ2v) is 8.89. The van der Waals surface area contributed by atoms with Crippen LogP contribution in [0.4, 0.5) is 0 Å². The lowest BCUT2D eigenvalue weighted by molar-refractivity contribution is 0.0915. The van der Waals surface area contributed by atoms with Crippen LogP contribution in [-0.2, 0) is 10.0 Å². The lowest BCUT2D eigenvalue weighted by Gasteiger charge is -2.27. The molecule has 0 atom stereocenters. The van der Waals surface area contributed by atoms with Gasteiger partial charge in [-0.1, -0.05) is 12.5 Å². The van der Waals surface area contributed by atoms with Gasteiger partial charge >= 0.3 is 0 Å². The highest BCUT2D eigenvalue weighted by Gasteiger charge is 2.28. The molecular formula is C17H28ClN3O3S. The van der Waals surface area contributed by atoms with Gasteiger partial charge < -0.3 is 11.1 Å². The van der Waals surface area contributed by atoms with Gasteiger partial charge in [-0.05, 0) is 51.3 Å². The van der Waals surface area contributed by atoms with Gasteiger partial charge in [0.1, 0.15) is 0 Å². The molecule has 0 bridgehead atoms. The minimum absolute atomic E-state index is 0. The average molecular weight is 390 g/mol. The molecule has 6 nitrogen and oxygen atoms in total. The third-order valence-electron chi connectivity index (χ3n) is 4.35. The molecule has 0 aromatic heterocycles. The Bertz CT molecular complexity index is 714. The average Bonchev–Trinajstić information content (AvgIpc) is 2.55. The summed E-state index contributed by atoms with van der Waals surface area (Å²) in [5.41, 5.74) is 6.07. The second kappa shape index (κ2) is 8.49. The van der Waals surface area contributed by atoms with Crippen molar-refractivity contribution in [2.75, 3.05) is 19.6 Å². The van der Waals surface area contributed by atoms with Crippen molar-refractivity contribution in [3.8, 4) is 0 Å². The van der Waals surface area contributed by atoms with Gasteiger partial charge in [0.25, 0.3) is 5.91 Å². The van der Waals surface area contributed by atoms with Crippen LogP contribution in [0.3, 0.4) is 0 Å². The number of hydrogen-bond acceptors (Lipinski definition) is 4. The quantitative estimate of drug-likeness (QED) is 0.806. The van der Waals surface area contributed by atoms with E-state index in [9.17, 15) is 13.2 Å². The predicted octanol–water partition coefficient (Wildman–Crippen LogP) is 2.06. The van der Waals surface area contributed by atoms with Crippen LogP contribution in [0.1, 0.15) is 49.0 Å². The number of carbonyl (C=O) groups is 1. The molecule has 1 aromatic rings. The van der Waals surface area contributed by atoms with Crippen molar-refractivity contribution in [3.05, 3.63) is 29.3 Å². The van der Waals surface area contributed by atoms with Gasteiger partial charge in [0.2, 0.25) is 10.0 Å². The molecule has 1 heterocycles. The maximum atomic E-state index is 12.9. The molecule has 2 rings (SSSR count). The molecule has 0 spiro atoms. The number of nitrogens with two attached hydrogens (primary N) is 1. The minimum atomic E-state index is -3.57. The summed E-state index contributed by atoms with van der Waals surface area (Å²) < 4.78 is 27.3. The molecule has 0 radical (unpaired) electrons. The highest BCUT2D eigenvalue weighted by Crippen LogP contribution is 2.24. The van der Waals surface area contributed by atoms with Crippen LogP contribution in [0, 0.1) is 6.92 Å². The Kier molecular flexibility index (Phi) is 7.43. The smallest absolute Gasteiger partial charge is 0.251 e. The second-order valence-electron chi connectivity index (χ2n) is 6.99. The summed E-state index contributed by atoms with van der Waals surface area (Å²) in [5, 5.41) is 2.83. The van der Waals surface area contributed by atoms with Crippen LogP contribution < -0.4 is 11.1 Å². The molecule has 1 aromatic carbocycles. The van der Waals surface area contributed by atoms with Crippen molar-refractivity contribution in [1.82, 2.24) is 9.62 Å². The normalized spacial score (nSPS) is 16.2. The van der Waals surface area contributed by atoms with Crippen LogP contribution in [0.25, 0.3) is 0 Å². The first-order valence-electron chi connectivity index (χ1n) is 8.31. The Hall–Kier alpha value is -1.15. The van der Waals surface area contributed by atoms with Crippen LogP contribution in [-0.4, -0.2) is 43.8 Å². The zero-order chi connectivity index (χ0) is 18.0. The van der Waals surface area contributed by atoms with E-state index in [1.807, 2.05) is 13.8 Å². The van der Waals surface area contributed by atoms with E-state index in [0.717, 1.165) is 19.3 Å². The largest absolute Gasteiger partial charge is 0.346 e. The molecular weight excluding hydrogens is 362 g/mol. The fourth-order valence-corrected chi connectivity index (χ4v) is 4.46. The highest BCUT2D eigenvalue weighted by molar-refractivity contribution is 7.89. The Labute approximate surface area is 156 Å². The van der Waals surface area contributed by atoms with E-state index in [4.69, 9.17) is 5.73 Å². The van der Waals surface area contributed by atoms with Crippen molar-refractivity contribution >= 4 is 28.3 Å². The number of nitrogens with one attached hydrogen (secondary N) is 1. The molecule has 3 N–H and O–H groups in total. The summed E-state index contributed by atoms with van der Waals surface area (Å²) in [6.45, 7) is 6.78. The van der Waals surface area contributed by atoms with Crippen molar-refractivity contribution in [2.24, 2.45) is 5.73 Å². The zero-order valence-corrected chi connectivity index (χ0v) is 16.7. The van der Waals surface area contributed by atoms with Gasteiger partial charge in [-0.25, -0.2) is 8.42 Å². The third kappa shape index (κ3) is 5.17. The molecule has 0 unspecified atom stereocenters. The van der Waals surface area contributed by atoms with E-state index in [-0.39, 0.29) is 23.2 Å². The van der Waals surface area contributed by atoms with E-state index < -0.39 is 15.6 Å². The number of nitrogens with zero attached hydrogens (tertiary/aromatic N) is 1. The summed E-state index contributed by atoms with van der Waals surface area (Å²) >= 11 is 0. The van der Waals surface area contributed by atoms with Crippen LogP contribution >= 0.6 is 12.4 Å². The minimum Gasteiger partial charge on any atom is -0.346 e. The van der Waals surface area contributed by atoms with Crippen LogP contribution in [0.2, 0.25) is 0 Å². The van der Waals surface area contributed by atoms with Crippen molar-refractivity contribution in [1.29, 1.82) is 0 Å². The number of carbonyl (C=O) groups excluding carboxylic acids is 1. The molecule has 1 fully saturated rings. The summed E-state index contributed by atoms with van der Waals surface area (Å²) in [4.78, 5) is 12.6. The fourth-order valence-electron chi connectivity index (χ4n) is 2.69. The Morgan fingerprint density at radius 2 is 1.84 bits per heavy atom. The first kappa shape index (κ1) is 21.9. The number of piperidine rings is 1. The monoisotopic (exact) mass is 389 g/mol. The standard InChI is InChI=1S/C17H27N3O3S.ClH/c1-13-7-8-14(16(21)19-17(2,3)12-18)11-15(13)24(22,23)20-9-5-4-6-10-20;/h7-8,11H,4-6,9-10,12,18H2,1-3H3,(H,19,21);1H. The first-order chi connectivity index (χ1) is 11.2. The molecule has 0 aliphatic carbocycles. The van der Waals surface area contributed by atoms with Crippen molar-refractivity contribution in [3.63, 3.8) is 0 Å². The molecule has 8 heteroatoms. The molecule has 1 amide bonds. The highest BCUT2D eigenvalue weighted by atomic mass is 35.5. The van der Waals surface area contributed by atoms with E-state index in [1.54, 1.807) is 19.1 Å². The number of halogens is 1. The van der Waals surface area contributed by atoms with Gasteiger partial charge in [0.15, 0.2) is 0 Å². The SMILES string of the molecule is Cc1ccc(C(=O)NC(C)(C)CN)cc1S(=O)(=O)N1CCCCC1.Cl. The van der Waals surface area contributed by atoms with Crippen molar-refractivity contribution in [2.45, 2.75) is 50.5 Å². The number of benzene rings is 1. The molecule has 1 saturated heterocycles. The summed E-state index contributed by atoms with van der Waals surface area (Å²) in [7, 11) is -3.57. The van der Waals surface area contributed by atoms with Gasteiger partial charge in [-0.2, -0.15) is 4.31 Å². The molecule has 0 saturated carbocycles. The van der Waals surface area contributed by atoms with E-state index in [1.165, 1.54) is 10.4 Å². The number of hydrogen-bond donors (Lipinski definition) is 2. The molecule has 1 aliphatic heterocycles. The number of amides is 1. The summed E-state index contributed by atoms with van der Waals surface area (Å²) in [5.74, 6) is -0.319. The number of sulfonamides is 1. The lowest BCUT2D eigenvalue weighted by Crippen LogP contribution is -2.48. The third-order valence-corrected chi connectivity index (χ3v) is 6.39. The Morgan fingerprint density at radius 3 is 2.40 bits per heavy atom. The predicted molar refractivity (Wildman–Crippen MR) is 102 cm³/mol. The molecule has 1 aliphatic rings. The maximum absolute atomic E-state index is 12.9. The maximum Gasteiger partial charge on any atom is 0.251 e. The van der Waals surface area contributed by atoms with Crippen LogP contribution in [0.15, 0.2) is 23.1 Å². The van der Waals surface area contributed by atoms with E-state index in [0.29, 0.717) is 30.8 Å². The van der Waals surface area contributed by atoms with Gasteiger partial charge in [0, 0.05) is 30.7 Å². The van der Waals surface area contributed by atoms with Gasteiger partial charge in [-0.15, -0.1) is 12.4 Å². The summed E-state index contributed by atoms with van der Waals surface area (Å²) in [6.07, 6.45) is 2.81. The topological polar surface area (TPSA) is 92.5 Å². The Balaban J connectivity index is 0.00000312. The van der Waals surface area contributed by atoms with Crippen LogP contribution in [0.5, 0.6) is 0 Å². The zero-order valence-electron chi connectivity index (χ0n) is 15.0. The first-order valence-corrected chi connectivity index (χ1v) is 9.75. The molecule has 25 heavy (non-hydrogen) atoms. The molecule has 142 valence electrons. The number of rotatable bonds is 5. The van der Waals surface area contributed by atoms with E-state index >= 15 is 0 Å².